The quantitative estimate of drug-likeness (QED) is 0.277. The van der Waals surface area contributed by atoms with Crippen LogP contribution < -0.4 is 4.90 Å². The van der Waals surface area contributed by atoms with E-state index >= 15 is 4.39 Å². The summed E-state index contributed by atoms with van der Waals surface area (Å²) in [6, 6.07) is -2.40. The molecule has 2 aliphatic rings. The fraction of sp³-hybridized carbons (Fsp3) is 0.636. The van der Waals surface area contributed by atoms with Crippen LogP contribution in [0, 0.1) is 5.82 Å². The van der Waals surface area contributed by atoms with Crippen molar-refractivity contribution in [2.75, 3.05) is 17.2 Å². The Morgan fingerprint density at radius 1 is 1.31 bits per heavy atom. The zero-order valence-corrected chi connectivity index (χ0v) is 23.2. The van der Waals surface area contributed by atoms with Crippen LogP contribution in [0.15, 0.2) is 9.76 Å². The Morgan fingerprint density at radius 3 is 2.61 bits per heavy atom. The summed E-state index contributed by atoms with van der Waals surface area (Å²) >= 11 is 10.5. The monoisotopic (exact) mass is 611 g/mol. The Morgan fingerprint density at radius 2 is 2.00 bits per heavy atom. The minimum Gasteiger partial charge on any atom is -0.444 e. The second-order valence-electron chi connectivity index (χ2n) is 9.65. The number of carbonyl (C=O) groups is 1. The van der Waals surface area contributed by atoms with Crippen LogP contribution in [0.4, 0.5) is 23.8 Å². The second kappa shape index (κ2) is 10.3. The molecule has 1 amide bonds. The van der Waals surface area contributed by atoms with Gasteiger partial charge in [0.05, 0.1) is 23.5 Å². The lowest BCUT2D eigenvalue weighted by molar-refractivity contribution is -0.0489. The van der Waals surface area contributed by atoms with E-state index in [0.29, 0.717) is 18.6 Å². The molecular weight excluding hydrogens is 587 g/mol. The van der Waals surface area contributed by atoms with E-state index < -0.39 is 47.3 Å². The number of hydrogen-bond donors (Lipinski definition) is 1. The van der Waals surface area contributed by atoms with Gasteiger partial charge >= 0.3 is 6.09 Å². The van der Waals surface area contributed by atoms with Crippen molar-refractivity contribution in [3.05, 3.63) is 15.6 Å². The fourth-order valence-electron chi connectivity index (χ4n) is 4.84. The van der Waals surface area contributed by atoms with Crippen LogP contribution in [0.25, 0.3) is 10.9 Å². The molecular formula is C22H26BrClF3N5O3S. The van der Waals surface area contributed by atoms with Gasteiger partial charge < -0.3 is 14.7 Å². The third kappa shape index (κ3) is 5.08. The molecule has 0 aliphatic carbocycles. The van der Waals surface area contributed by atoms with Gasteiger partial charge in [0.25, 0.3) is 6.43 Å². The van der Waals surface area contributed by atoms with E-state index in [2.05, 4.69) is 30.9 Å². The first-order valence-corrected chi connectivity index (χ1v) is 13.6. The first-order chi connectivity index (χ1) is 16.8. The number of halogens is 5. The van der Waals surface area contributed by atoms with Gasteiger partial charge in [0.2, 0.25) is 0 Å². The maximum atomic E-state index is 15.0. The van der Waals surface area contributed by atoms with Gasteiger partial charge in [-0.3, -0.25) is 4.90 Å². The SMILES string of the molecule is CCSc1nc(N2C[C@H]3CC[C@@H]([C@H]2[C@H](O)C(F)F)N3C(=O)OC(C)(C)C)c2c(Br)nc(Cl)c(F)c2n1. The first-order valence-electron chi connectivity index (χ1n) is 11.4. The van der Waals surface area contributed by atoms with E-state index in [-0.39, 0.29) is 39.1 Å². The highest BCUT2D eigenvalue weighted by Crippen LogP contribution is 2.43. The Balaban J connectivity index is 1.88. The predicted molar refractivity (Wildman–Crippen MR) is 134 cm³/mol. The summed E-state index contributed by atoms with van der Waals surface area (Å²) in [7, 11) is 0. The molecule has 36 heavy (non-hydrogen) atoms. The van der Waals surface area contributed by atoms with Crippen LogP contribution >= 0.6 is 39.3 Å². The molecule has 14 heteroatoms. The molecule has 2 aliphatic heterocycles. The Kier molecular flexibility index (Phi) is 7.86. The number of aliphatic hydroxyl groups excluding tert-OH is 1. The minimum atomic E-state index is -3.10. The van der Waals surface area contributed by atoms with Crippen molar-refractivity contribution in [3.63, 3.8) is 0 Å². The summed E-state index contributed by atoms with van der Waals surface area (Å²) in [5.74, 6) is -0.151. The molecule has 4 atom stereocenters. The molecule has 0 spiro atoms. The number of aliphatic hydroxyl groups is 1. The van der Waals surface area contributed by atoms with Crippen molar-refractivity contribution in [1.82, 2.24) is 19.9 Å². The molecule has 0 aromatic carbocycles. The first kappa shape index (κ1) is 27.5. The highest BCUT2D eigenvalue weighted by molar-refractivity contribution is 9.10. The van der Waals surface area contributed by atoms with Gasteiger partial charge in [-0.05, 0) is 55.3 Å². The van der Waals surface area contributed by atoms with Crippen LogP contribution in [0.2, 0.25) is 5.15 Å². The number of ether oxygens (including phenoxy) is 1. The lowest BCUT2D eigenvalue weighted by Crippen LogP contribution is -2.66. The summed E-state index contributed by atoms with van der Waals surface area (Å²) in [6.07, 6.45) is -4.94. The van der Waals surface area contributed by atoms with Crippen LogP contribution in [-0.2, 0) is 4.74 Å². The van der Waals surface area contributed by atoms with Crippen molar-refractivity contribution in [2.24, 2.45) is 0 Å². The average Bonchev–Trinajstić information content (AvgIpc) is 3.09. The Bertz CT molecular complexity index is 1170. The molecule has 2 aromatic rings. The number of amides is 1. The number of alkyl halides is 2. The number of hydrogen-bond acceptors (Lipinski definition) is 8. The van der Waals surface area contributed by atoms with E-state index in [0.717, 1.165) is 0 Å². The van der Waals surface area contributed by atoms with Crippen molar-refractivity contribution >= 4 is 62.1 Å². The standard InChI is InChI=1S/C22H26BrClF3N5O3S/c1-5-36-20-28-13-11(16(23)29-17(24)12(13)25)19(30-20)31-8-9-6-7-10(14(31)15(33)18(26)27)32(9)21(34)35-22(2,3)4/h9-10,14-15,18,33H,5-8H2,1-4H3/t9-,10+,14+,15+/m1/s1. The lowest BCUT2D eigenvalue weighted by Gasteiger charge is -2.48. The third-order valence-electron chi connectivity index (χ3n) is 6.13. The molecule has 0 unspecified atom stereocenters. The van der Waals surface area contributed by atoms with Crippen LogP contribution in [0.5, 0.6) is 0 Å². The largest absolute Gasteiger partial charge is 0.444 e. The number of fused-ring (bicyclic) bond motifs is 3. The number of rotatable bonds is 5. The molecule has 0 radical (unpaired) electrons. The van der Waals surface area contributed by atoms with Crippen LogP contribution in [0.1, 0.15) is 40.5 Å². The normalized spacial score (nSPS) is 23.0. The second-order valence-corrected chi connectivity index (χ2v) is 12.0. The van der Waals surface area contributed by atoms with Gasteiger partial charge in [-0.25, -0.2) is 32.9 Å². The van der Waals surface area contributed by atoms with E-state index in [1.807, 2.05) is 6.92 Å². The number of piperazine rings is 1. The number of thioether (sulfide) groups is 1. The van der Waals surface area contributed by atoms with Gasteiger partial charge in [-0.1, -0.05) is 30.3 Å². The topological polar surface area (TPSA) is 91.7 Å². The van der Waals surface area contributed by atoms with Crippen molar-refractivity contribution in [1.29, 1.82) is 0 Å². The van der Waals surface area contributed by atoms with Crippen LogP contribution in [-0.4, -0.2) is 79.6 Å². The van der Waals surface area contributed by atoms with E-state index in [1.54, 1.807) is 20.8 Å². The summed E-state index contributed by atoms with van der Waals surface area (Å²) < 4.78 is 48.7. The van der Waals surface area contributed by atoms with Gasteiger partial charge in [-0.2, -0.15) is 0 Å². The fourth-order valence-corrected chi connectivity index (χ4v) is 6.22. The van der Waals surface area contributed by atoms with E-state index in [9.17, 15) is 18.7 Å². The molecule has 2 bridgehead atoms. The smallest absolute Gasteiger partial charge is 0.410 e. The lowest BCUT2D eigenvalue weighted by atomic mass is 9.97. The molecule has 2 saturated heterocycles. The maximum absolute atomic E-state index is 15.0. The van der Waals surface area contributed by atoms with E-state index in [1.165, 1.54) is 21.6 Å². The summed E-state index contributed by atoms with van der Waals surface area (Å²) in [5, 5.41) is 10.7. The Hall–Kier alpha value is -1.57. The van der Waals surface area contributed by atoms with Crippen molar-refractivity contribution < 1.29 is 27.8 Å². The summed E-state index contributed by atoms with van der Waals surface area (Å²) in [4.78, 5) is 28.9. The number of aromatic nitrogens is 3. The van der Waals surface area contributed by atoms with E-state index in [4.69, 9.17) is 16.3 Å². The zero-order chi connectivity index (χ0) is 26.5. The molecule has 2 fully saturated rings. The van der Waals surface area contributed by atoms with Crippen molar-refractivity contribution in [2.45, 2.75) is 81.9 Å². The average molecular weight is 613 g/mol. The van der Waals surface area contributed by atoms with Gasteiger partial charge in [0.1, 0.15) is 27.6 Å². The zero-order valence-electron chi connectivity index (χ0n) is 20.0. The third-order valence-corrected chi connectivity index (χ3v) is 7.68. The molecule has 2 aromatic heterocycles. The number of carbonyl (C=O) groups excluding carboxylic acids is 1. The molecule has 1 N–H and O–H groups in total. The maximum Gasteiger partial charge on any atom is 0.410 e. The van der Waals surface area contributed by atoms with Crippen molar-refractivity contribution in [3.8, 4) is 0 Å². The van der Waals surface area contributed by atoms with Gasteiger partial charge in [-0.15, -0.1) is 0 Å². The molecule has 4 rings (SSSR count). The van der Waals surface area contributed by atoms with Gasteiger partial charge in [0, 0.05) is 6.54 Å². The molecule has 0 saturated carbocycles. The highest BCUT2D eigenvalue weighted by Gasteiger charge is 2.54. The van der Waals surface area contributed by atoms with Gasteiger partial charge in [0.15, 0.2) is 16.1 Å². The van der Waals surface area contributed by atoms with Crippen LogP contribution in [0.3, 0.4) is 0 Å². The number of anilines is 1. The molecule has 198 valence electrons. The number of pyridine rings is 1. The Labute approximate surface area is 224 Å². The predicted octanol–water partition coefficient (Wildman–Crippen LogP) is 5.27. The molecule has 8 nitrogen and oxygen atoms in total. The summed E-state index contributed by atoms with van der Waals surface area (Å²) in [6.45, 7) is 7.10. The highest BCUT2D eigenvalue weighted by atomic mass is 79.9. The molecule has 4 heterocycles. The number of nitrogens with zero attached hydrogens (tertiary/aromatic N) is 5. The minimum absolute atomic E-state index is 0.0726. The summed E-state index contributed by atoms with van der Waals surface area (Å²) in [5.41, 5.74) is -0.900.